The highest BCUT2D eigenvalue weighted by molar-refractivity contribution is 6.00. The standard InChI is InChI=1S/C70H103N3O12/c1-4-8-38-13-18-47-54(21-14-38)85-64-59(47)50(76)11-6-25-70(64,83)65(3,80)56-24-27-69(82)60-61(72-35-37(2)75)62(79)48-32-51(77)52(78)34-66(48)33-41(44-20-22-57(71)73-49(44)10-7-28-74)23-26-67(81,63(60)66)36-68(56,69)43-17-15-39-31-55-58-40(29-42(39)30-43)16-19-46(58)45-9-5-12-53(45)84-55/h19-20,22-23,26,37-39,41-43,45,47-48,50-57,59,63-64,72-78,80-83H,4-18,21,24-25,27-36,71H2,1-3H3. The summed E-state index contributed by atoms with van der Waals surface area (Å²) >= 11 is 0. The van der Waals surface area contributed by atoms with Crippen LogP contribution in [0, 0.1) is 75.9 Å². The summed E-state index contributed by atoms with van der Waals surface area (Å²) in [7, 11) is 0. The molecule has 9 fully saturated rings. The number of fused-ring (bicyclic) bond motifs is 8. The molecule has 470 valence electrons. The maximum absolute atomic E-state index is 16.4. The molecule has 0 radical (unpaired) electrons. The molecular weight excluding hydrogens is 1070 g/mol. The van der Waals surface area contributed by atoms with Crippen LogP contribution in [0.3, 0.4) is 0 Å². The second-order valence-corrected chi connectivity index (χ2v) is 31.0. The lowest BCUT2D eigenvalue weighted by Crippen LogP contribution is -2.75. The number of rotatable bonds is 12. The number of carbonyl (C=O) groups is 1. The number of ketones is 1. The van der Waals surface area contributed by atoms with Gasteiger partial charge in [-0.05, 0) is 224 Å². The molecule has 3 heterocycles. The van der Waals surface area contributed by atoms with Crippen molar-refractivity contribution < 1.29 is 60.2 Å². The van der Waals surface area contributed by atoms with Crippen molar-refractivity contribution in [1.29, 1.82) is 0 Å². The number of carbonyl (C=O) groups excluding carboxylic acids is 1. The summed E-state index contributed by atoms with van der Waals surface area (Å²) in [4.78, 5) is 16.4. The van der Waals surface area contributed by atoms with Gasteiger partial charge in [-0.25, -0.2) is 0 Å². The lowest BCUT2D eigenvalue weighted by atomic mass is 9.37. The smallest absolute Gasteiger partial charge is 0.182 e. The minimum Gasteiger partial charge on any atom is -0.396 e. The summed E-state index contributed by atoms with van der Waals surface area (Å²) in [5.74, 6) is -2.70. The van der Waals surface area contributed by atoms with E-state index in [1.54, 1.807) is 13.8 Å². The molecule has 0 aromatic carbocycles. The number of ether oxygens (including phenoxy) is 2. The quantitative estimate of drug-likeness (QED) is 0.0889. The van der Waals surface area contributed by atoms with E-state index in [1.807, 2.05) is 18.2 Å². The average molecular weight is 1180 g/mol. The fourth-order valence-corrected chi connectivity index (χ4v) is 23.5. The Morgan fingerprint density at radius 2 is 1.72 bits per heavy atom. The highest BCUT2D eigenvalue weighted by Crippen LogP contribution is 2.78. The predicted octanol–water partition coefficient (Wildman–Crippen LogP) is 6.87. The van der Waals surface area contributed by atoms with Gasteiger partial charge in [-0.15, -0.1) is 0 Å². The molecule has 85 heavy (non-hydrogen) atoms. The molecule has 15 heteroatoms. The summed E-state index contributed by atoms with van der Waals surface area (Å²) < 4.78 is 14.4. The maximum Gasteiger partial charge on any atom is 0.182 e. The van der Waals surface area contributed by atoms with E-state index in [2.05, 4.69) is 29.7 Å². The van der Waals surface area contributed by atoms with Gasteiger partial charge in [-0.3, -0.25) is 4.79 Å². The molecule has 0 amide bonds. The Labute approximate surface area is 504 Å². The number of hydrogen-bond acceptors (Lipinski definition) is 15. The van der Waals surface area contributed by atoms with E-state index in [0.29, 0.717) is 61.9 Å². The third kappa shape index (κ3) is 9.06. The minimum absolute atomic E-state index is 0.00867. The summed E-state index contributed by atoms with van der Waals surface area (Å²) in [6, 6.07) is 0. The van der Waals surface area contributed by atoms with Crippen molar-refractivity contribution in [3.05, 3.63) is 69.6 Å². The van der Waals surface area contributed by atoms with E-state index in [0.717, 1.165) is 88.3 Å². The number of nitrogens with two attached hydrogens (primary N) is 1. The second kappa shape index (κ2) is 22.0. The van der Waals surface area contributed by atoms with Crippen LogP contribution in [0.1, 0.15) is 188 Å². The molecule has 26 unspecified atom stereocenters. The van der Waals surface area contributed by atoms with Crippen molar-refractivity contribution in [2.45, 2.75) is 265 Å². The summed E-state index contributed by atoms with van der Waals surface area (Å²) in [6.07, 6.45) is 22.0. The van der Waals surface area contributed by atoms with Gasteiger partial charge in [0.15, 0.2) is 5.78 Å². The Hall–Kier alpha value is -2.77. The van der Waals surface area contributed by atoms with Crippen LogP contribution in [0.4, 0.5) is 0 Å². The van der Waals surface area contributed by atoms with Gasteiger partial charge in [0.05, 0.1) is 77.5 Å². The Morgan fingerprint density at radius 3 is 2.52 bits per heavy atom. The van der Waals surface area contributed by atoms with Crippen LogP contribution >= 0.6 is 0 Å². The van der Waals surface area contributed by atoms with Crippen LogP contribution < -0.4 is 16.4 Å². The molecule has 3 aliphatic heterocycles. The highest BCUT2D eigenvalue weighted by atomic mass is 16.5. The van der Waals surface area contributed by atoms with E-state index >= 15 is 9.90 Å². The zero-order chi connectivity index (χ0) is 59.3. The first-order valence-electron chi connectivity index (χ1n) is 34.3. The highest BCUT2D eigenvalue weighted by Gasteiger charge is 2.81. The molecule has 2 saturated heterocycles. The summed E-state index contributed by atoms with van der Waals surface area (Å²) in [6.45, 7) is 5.60. The van der Waals surface area contributed by atoms with Crippen LogP contribution in [-0.4, -0.2) is 142 Å². The Bertz CT molecular complexity index is 2810. The Morgan fingerprint density at radius 1 is 0.894 bits per heavy atom. The van der Waals surface area contributed by atoms with Crippen molar-refractivity contribution >= 4 is 5.78 Å². The number of dihydropyridines is 1. The van der Waals surface area contributed by atoms with Crippen LogP contribution in [0.25, 0.3) is 0 Å². The summed E-state index contributed by atoms with van der Waals surface area (Å²) in [5.41, 5.74) is 3.00. The van der Waals surface area contributed by atoms with Crippen molar-refractivity contribution in [2.24, 2.45) is 81.7 Å². The van der Waals surface area contributed by atoms with E-state index in [-0.39, 0.29) is 106 Å². The second-order valence-electron chi connectivity index (χ2n) is 31.0. The van der Waals surface area contributed by atoms with Crippen LogP contribution in [0.15, 0.2) is 69.6 Å². The van der Waals surface area contributed by atoms with Crippen molar-refractivity contribution in [3.8, 4) is 0 Å². The van der Waals surface area contributed by atoms with Gasteiger partial charge < -0.3 is 71.8 Å². The van der Waals surface area contributed by atoms with E-state index < -0.39 is 99.5 Å². The largest absolute Gasteiger partial charge is 0.396 e. The number of allylic oxidation sites excluding steroid dienone is 7. The fraction of sp³-hybridized carbons (Fsp3) is 0.814. The zero-order valence-electron chi connectivity index (χ0n) is 51.1. The predicted molar refractivity (Wildman–Crippen MR) is 320 cm³/mol. The lowest BCUT2D eigenvalue weighted by molar-refractivity contribution is -0.277. The van der Waals surface area contributed by atoms with Gasteiger partial charge in [-0.2, -0.15) is 0 Å². The first-order valence-corrected chi connectivity index (χ1v) is 34.3. The third-order valence-corrected chi connectivity index (χ3v) is 26.9. The van der Waals surface area contributed by atoms with Crippen LogP contribution in [0.5, 0.6) is 0 Å². The lowest BCUT2D eigenvalue weighted by Gasteiger charge is -2.69. The van der Waals surface area contributed by atoms with Crippen molar-refractivity contribution in [3.63, 3.8) is 0 Å². The van der Waals surface area contributed by atoms with E-state index in [4.69, 9.17) is 15.2 Å². The van der Waals surface area contributed by atoms with Gasteiger partial charge in [0.1, 0.15) is 5.60 Å². The van der Waals surface area contributed by atoms with Crippen LogP contribution in [0.2, 0.25) is 0 Å². The molecule has 14 aliphatic rings. The molecule has 26 atom stereocenters. The molecule has 13 N–H and O–H groups in total. The number of aliphatic hydroxyl groups is 9. The average Bonchev–Trinajstić information content (AvgIpc) is 1.64. The van der Waals surface area contributed by atoms with E-state index in [1.165, 1.54) is 23.1 Å². The van der Waals surface area contributed by atoms with Gasteiger partial charge in [0.25, 0.3) is 0 Å². The molecule has 14 rings (SSSR count). The minimum atomic E-state index is -1.98. The zero-order valence-corrected chi connectivity index (χ0v) is 51.1. The number of Topliss-reactive ketones (excluding diaryl/α,β-unsaturated/α-hetero) is 1. The Balaban J connectivity index is 0.956. The first-order chi connectivity index (χ1) is 40.7. The molecule has 0 aromatic rings. The molecular formula is C70H103N3O12. The topological polar surface area (TPSA) is 268 Å². The molecule has 0 bridgehead atoms. The van der Waals surface area contributed by atoms with Crippen LogP contribution in [-0.2, 0) is 14.3 Å². The molecule has 15 nitrogen and oxygen atoms in total. The van der Waals surface area contributed by atoms with Crippen molar-refractivity contribution in [1.82, 2.24) is 10.6 Å². The molecule has 1 spiro atoms. The Kier molecular flexibility index (Phi) is 15.5. The number of aliphatic hydroxyl groups excluding tert-OH is 5. The van der Waals surface area contributed by atoms with Gasteiger partial charge >= 0.3 is 0 Å². The SMILES string of the molecule is CCCC1CCC2OC3C(C(O)CCCC3(O)C(C)(O)C3CCC4(O)C5=C(NCC(C)O)C(=O)C6CC(O)C(O)CC67CC(C6=C(CCCO)NC(N)C=C6)C=CC(O)(CC34C3CCC4CC6OC8CCCC8C8=CCC(=C86)CC4C3)C57)C2CC1. The van der Waals surface area contributed by atoms with Gasteiger partial charge in [0.2, 0.25) is 0 Å². The monoisotopic (exact) mass is 1180 g/mol. The number of nitrogens with one attached hydrogen (secondary N) is 2. The fourth-order valence-electron chi connectivity index (χ4n) is 23.5. The maximum atomic E-state index is 16.4. The normalized spacial score (nSPS) is 49.9. The van der Waals surface area contributed by atoms with Gasteiger partial charge in [-0.1, -0.05) is 62.5 Å². The molecule has 0 aromatic heterocycles. The number of hydrogen-bond donors (Lipinski definition) is 12. The van der Waals surface area contributed by atoms with Crippen molar-refractivity contribution in [2.75, 3.05) is 13.2 Å². The molecule has 11 aliphatic carbocycles. The first kappa shape index (κ1) is 59.8. The summed E-state index contributed by atoms with van der Waals surface area (Å²) in [5, 5.41) is 124. The third-order valence-electron chi connectivity index (χ3n) is 26.9. The van der Waals surface area contributed by atoms with Gasteiger partial charge in [0, 0.05) is 53.9 Å². The van der Waals surface area contributed by atoms with E-state index in [9.17, 15) is 40.9 Å². The molecule has 7 saturated carbocycles.